The second-order valence-corrected chi connectivity index (χ2v) is 11.0. The molecule has 0 atom stereocenters. The molecule has 0 spiro atoms. The fraction of sp³-hybridized carbons (Fsp3) is 0.0244. The Kier molecular flexibility index (Phi) is 6.23. The molecule has 1 aromatic heterocycles. The zero-order chi connectivity index (χ0) is 28.6. The number of nitrogens with zero attached hydrogens (tertiary/aromatic N) is 2. The summed E-state index contributed by atoms with van der Waals surface area (Å²) < 4.78 is 2.39. The molecule has 0 N–H and O–H groups in total. The summed E-state index contributed by atoms with van der Waals surface area (Å²) in [5, 5.41) is 5.03. The maximum atomic E-state index is 2.45. The number of aromatic nitrogens is 1. The van der Waals surface area contributed by atoms with E-state index in [4.69, 9.17) is 0 Å². The molecule has 0 aliphatic rings. The lowest BCUT2D eigenvalue weighted by Crippen LogP contribution is -2.17. The van der Waals surface area contributed by atoms with Crippen molar-refractivity contribution >= 4 is 44.0 Å². The van der Waals surface area contributed by atoms with Gasteiger partial charge in [-0.15, -0.1) is 0 Å². The van der Waals surface area contributed by atoms with Crippen molar-refractivity contribution in [2.24, 2.45) is 0 Å². The van der Waals surface area contributed by atoms with E-state index in [9.17, 15) is 0 Å². The smallest absolute Gasteiger partial charge is 0.0547 e. The van der Waals surface area contributed by atoms with Crippen molar-refractivity contribution in [1.29, 1.82) is 0 Å². The minimum atomic E-state index is 0.744. The molecule has 0 unspecified atom stereocenters. The zero-order valence-corrected chi connectivity index (χ0v) is 23.8. The van der Waals surface area contributed by atoms with Crippen LogP contribution in [0.4, 0.5) is 11.4 Å². The van der Waals surface area contributed by atoms with Crippen LogP contribution in [0.3, 0.4) is 0 Å². The van der Waals surface area contributed by atoms with Crippen molar-refractivity contribution in [2.75, 3.05) is 4.90 Å². The third-order valence-electron chi connectivity index (χ3n) is 8.47. The van der Waals surface area contributed by atoms with Crippen LogP contribution < -0.4 is 4.90 Å². The second kappa shape index (κ2) is 10.7. The number of rotatable bonds is 6. The monoisotopic (exact) mass is 550 g/mol. The number of para-hydroxylation sites is 3. The van der Waals surface area contributed by atoms with E-state index in [1.165, 1.54) is 66.3 Å². The van der Waals surface area contributed by atoms with E-state index in [2.05, 4.69) is 179 Å². The average Bonchev–Trinajstić information content (AvgIpc) is 3.41. The summed E-state index contributed by atoms with van der Waals surface area (Å²) >= 11 is 0. The summed E-state index contributed by atoms with van der Waals surface area (Å²) in [4.78, 5) is 2.45. The standard InChI is InChI=1S/C41H30N2/c1-3-17-33(18-4-1)42(39-25-13-16-30-14-7-10-22-36(30)39)29-32-15-8-9-21-35(32)31-26-27-38-37-23-11-12-24-40(37)43(41(38)28-31)34-19-5-2-6-20-34/h1-28H,29H2. The van der Waals surface area contributed by atoms with Crippen LogP contribution >= 0.6 is 0 Å². The highest BCUT2D eigenvalue weighted by Crippen LogP contribution is 2.38. The van der Waals surface area contributed by atoms with Crippen molar-refractivity contribution in [1.82, 2.24) is 4.57 Å². The summed E-state index contributed by atoms with van der Waals surface area (Å²) in [6.45, 7) is 0.744. The molecule has 0 bridgehead atoms. The molecule has 0 fully saturated rings. The predicted octanol–water partition coefficient (Wildman–Crippen LogP) is 10.9. The van der Waals surface area contributed by atoms with Crippen LogP contribution in [0.2, 0.25) is 0 Å². The second-order valence-electron chi connectivity index (χ2n) is 11.0. The molecule has 2 nitrogen and oxygen atoms in total. The molecule has 7 aromatic carbocycles. The maximum absolute atomic E-state index is 2.45. The third kappa shape index (κ3) is 4.45. The quantitative estimate of drug-likeness (QED) is 0.200. The molecule has 2 heteroatoms. The first-order valence-corrected chi connectivity index (χ1v) is 14.8. The highest BCUT2D eigenvalue weighted by atomic mass is 15.1. The van der Waals surface area contributed by atoms with Gasteiger partial charge in [-0.05, 0) is 64.5 Å². The van der Waals surface area contributed by atoms with Gasteiger partial charge in [-0.3, -0.25) is 0 Å². The number of fused-ring (bicyclic) bond motifs is 4. The number of anilines is 2. The third-order valence-corrected chi connectivity index (χ3v) is 8.47. The Morgan fingerprint density at radius 3 is 1.98 bits per heavy atom. The Morgan fingerprint density at radius 2 is 1.12 bits per heavy atom. The topological polar surface area (TPSA) is 8.17 Å². The van der Waals surface area contributed by atoms with Crippen LogP contribution in [0, 0.1) is 0 Å². The van der Waals surface area contributed by atoms with E-state index in [0.717, 1.165) is 6.54 Å². The summed E-state index contributed by atoms with van der Waals surface area (Å²) in [7, 11) is 0. The molecule has 0 aliphatic carbocycles. The van der Waals surface area contributed by atoms with E-state index < -0.39 is 0 Å². The Bertz CT molecular complexity index is 2210. The first-order chi connectivity index (χ1) is 21.3. The molecule has 8 aromatic rings. The molecule has 204 valence electrons. The van der Waals surface area contributed by atoms with E-state index in [-0.39, 0.29) is 0 Å². The molecule has 1 heterocycles. The fourth-order valence-corrected chi connectivity index (χ4v) is 6.47. The molecule has 0 radical (unpaired) electrons. The Balaban J connectivity index is 1.30. The van der Waals surface area contributed by atoms with Crippen LogP contribution in [-0.2, 0) is 6.54 Å². The molecule has 0 saturated carbocycles. The summed E-state index contributed by atoms with van der Waals surface area (Å²) in [5.74, 6) is 0. The van der Waals surface area contributed by atoms with Gasteiger partial charge in [-0.2, -0.15) is 0 Å². The van der Waals surface area contributed by atoms with Gasteiger partial charge in [0.25, 0.3) is 0 Å². The van der Waals surface area contributed by atoms with Crippen molar-refractivity contribution < 1.29 is 0 Å². The minimum Gasteiger partial charge on any atom is -0.336 e. The molecule has 43 heavy (non-hydrogen) atoms. The van der Waals surface area contributed by atoms with E-state index in [1.807, 2.05) is 0 Å². The van der Waals surface area contributed by atoms with Gasteiger partial charge in [0.1, 0.15) is 0 Å². The normalized spacial score (nSPS) is 11.3. The van der Waals surface area contributed by atoms with E-state index in [1.54, 1.807) is 0 Å². The van der Waals surface area contributed by atoms with Crippen molar-refractivity contribution in [3.63, 3.8) is 0 Å². The summed E-state index contributed by atoms with van der Waals surface area (Å²) in [6.07, 6.45) is 0. The van der Waals surface area contributed by atoms with Gasteiger partial charge in [0, 0.05) is 39.8 Å². The number of hydrogen-bond donors (Lipinski definition) is 0. The molecule has 8 rings (SSSR count). The maximum Gasteiger partial charge on any atom is 0.0547 e. The highest BCUT2D eigenvalue weighted by molar-refractivity contribution is 6.10. The number of benzene rings is 7. The van der Waals surface area contributed by atoms with Crippen LogP contribution in [0.15, 0.2) is 170 Å². The van der Waals surface area contributed by atoms with Crippen molar-refractivity contribution in [2.45, 2.75) is 6.54 Å². The minimum absolute atomic E-state index is 0.744. The van der Waals surface area contributed by atoms with E-state index in [0.29, 0.717) is 0 Å². The van der Waals surface area contributed by atoms with Crippen molar-refractivity contribution in [3.8, 4) is 16.8 Å². The van der Waals surface area contributed by atoms with E-state index >= 15 is 0 Å². The van der Waals surface area contributed by atoms with Gasteiger partial charge in [0.05, 0.1) is 11.0 Å². The van der Waals surface area contributed by atoms with Crippen LogP contribution in [0.1, 0.15) is 5.56 Å². The SMILES string of the molecule is c1ccc(N(Cc2ccccc2-c2ccc3c4ccccc4n(-c4ccccc4)c3c2)c2cccc3ccccc23)cc1. The largest absolute Gasteiger partial charge is 0.336 e. The lowest BCUT2D eigenvalue weighted by Gasteiger charge is -2.28. The van der Waals surface area contributed by atoms with Crippen LogP contribution in [-0.4, -0.2) is 4.57 Å². The van der Waals surface area contributed by atoms with Crippen LogP contribution in [0.5, 0.6) is 0 Å². The van der Waals surface area contributed by atoms with Gasteiger partial charge < -0.3 is 9.47 Å². The number of hydrogen-bond acceptors (Lipinski definition) is 1. The first kappa shape index (κ1) is 25.1. The molecular weight excluding hydrogens is 520 g/mol. The molecule has 0 saturated heterocycles. The molecular formula is C41H30N2. The van der Waals surface area contributed by atoms with Gasteiger partial charge in [-0.1, -0.05) is 127 Å². The van der Waals surface area contributed by atoms with Gasteiger partial charge >= 0.3 is 0 Å². The lowest BCUT2D eigenvalue weighted by atomic mass is 9.97. The average molecular weight is 551 g/mol. The van der Waals surface area contributed by atoms with Gasteiger partial charge in [0.15, 0.2) is 0 Å². The molecule has 0 aliphatic heterocycles. The van der Waals surface area contributed by atoms with Crippen LogP contribution in [0.25, 0.3) is 49.4 Å². The fourth-order valence-electron chi connectivity index (χ4n) is 6.47. The lowest BCUT2D eigenvalue weighted by molar-refractivity contribution is 0.982. The molecule has 0 amide bonds. The Morgan fingerprint density at radius 1 is 0.465 bits per heavy atom. The van der Waals surface area contributed by atoms with Gasteiger partial charge in [-0.25, -0.2) is 0 Å². The predicted molar refractivity (Wildman–Crippen MR) is 182 cm³/mol. The Labute approximate surface area is 251 Å². The highest BCUT2D eigenvalue weighted by Gasteiger charge is 2.17. The summed E-state index contributed by atoms with van der Waals surface area (Å²) in [5.41, 5.74) is 9.73. The van der Waals surface area contributed by atoms with Crippen molar-refractivity contribution in [3.05, 3.63) is 175 Å². The Hall–Kier alpha value is -5.60. The summed E-state index contributed by atoms with van der Waals surface area (Å²) in [6, 6.07) is 61.2. The first-order valence-electron chi connectivity index (χ1n) is 14.8. The van der Waals surface area contributed by atoms with Gasteiger partial charge in [0.2, 0.25) is 0 Å². The zero-order valence-electron chi connectivity index (χ0n) is 23.8.